The highest BCUT2D eigenvalue weighted by Crippen LogP contribution is 2.03. The van der Waals surface area contributed by atoms with Crippen LogP contribution < -0.4 is 5.32 Å². The highest BCUT2D eigenvalue weighted by atomic mass is 16.4. The van der Waals surface area contributed by atoms with Gasteiger partial charge in [-0.3, -0.25) is 4.79 Å². The Balaban J connectivity index is 0.000000327. The third-order valence-corrected chi connectivity index (χ3v) is 2.43. The molecule has 0 radical (unpaired) electrons. The fourth-order valence-corrected chi connectivity index (χ4v) is 1.31. The molecule has 0 spiro atoms. The van der Waals surface area contributed by atoms with E-state index in [0.717, 1.165) is 19.4 Å². The van der Waals surface area contributed by atoms with Gasteiger partial charge in [0.2, 0.25) is 0 Å². The van der Waals surface area contributed by atoms with E-state index < -0.39 is 30.9 Å². The molecule has 0 aromatic carbocycles. The zero-order chi connectivity index (χ0) is 14.1. The molecule has 1 rings (SSSR count). The summed E-state index contributed by atoms with van der Waals surface area (Å²) in [4.78, 5) is 19.9. The third-order valence-electron chi connectivity index (χ3n) is 2.43. The summed E-state index contributed by atoms with van der Waals surface area (Å²) in [6.45, 7) is 0.170. The summed E-state index contributed by atoms with van der Waals surface area (Å²) in [5, 5.41) is 45.3. The molecule has 6 N–H and O–H groups in total. The van der Waals surface area contributed by atoms with Gasteiger partial charge >= 0.3 is 5.97 Å². The fraction of sp³-hybridized carbons (Fsp3) is 0.800. The van der Waals surface area contributed by atoms with Gasteiger partial charge in [0.25, 0.3) is 0 Å². The molecule has 1 aliphatic rings. The Morgan fingerprint density at radius 3 is 2.28 bits per heavy atom. The molecular formula is C10H19NO7. The molecule has 1 aliphatic heterocycles. The molecule has 18 heavy (non-hydrogen) atoms. The maximum atomic E-state index is 10.1. The number of aliphatic hydroxyl groups is 4. The summed E-state index contributed by atoms with van der Waals surface area (Å²) in [6, 6.07) is -0.269. The monoisotopic (exact) mass is 265 g/mol. The Hall–Kier alpha value is -1.06. The Labute approximate surface area is 104 Å². The minimum absolute atomic E-state index is 0.0869. The molecule has 4 atom stereocenters. The molecule has 0 bridgehead atoms. The van der Waals surface area contributed by atoms with Crippen LogP contribution in [-0.2, 0) is 9.59 Å². The average Bonchev–Trinajstić information content (AvgIpc) is 2.90. The molecule has 1 fully saturated rings. The number of aliphatic carboxylic acids is 1. The number of rotatable bonds is 5. The van der Waals surface area contributed by atoms with Crippen molar-refractivity contribution in [1.82, 2.24) is 5.32 Å². The van der Waals surface area contributed by atoms with E-state index >= 15 is 0 Å². The van der Waals surface area contributed by atoms with Gasteiger partial charge in [0.05, 0.1) is 6.61 Å². The fourth-order valence-electron chi connectivity index (χ4n) is 1.31. The number of hydrogen-bond donors (Lipinski definition) is 6. The van der Waals surface area contributed by atoms with Crippen LogP contribution in [-0.4, -0.2) is 75.3 Å². The van der Waals surface area contributed by atoms with Crippen molar-refractivity contribution in [3.8, 4) is 0 Å². The van der Waals surface area contributed by atoms with Crippen LogP contribution in [0.2, 0.25) is 0 Å². The molecule has 0 unspecified atom stereocenters. The number of carboxylic acid groups (broad SMARTS) is 1. The van der Waals surface area contributed by atoms with Crippen LogP contribution in [0, 0.1) is 0 Å². The first-order valence-electron chi connectivity index (χ1n) is 5.50. The van der Waals surface area contributed by atoms with Gasteiger partial charge in [0, 0.05) is 0 Å². The SMILES string of the molecule is O=C(O)[C@@H]1CCCN1.O=C[C@H](O)[C@@H](O)[C@H](O)CO. The Morgan fingerprint density at radius 2 is 2.00 bits per heavy atom. The number of carbonyl (C=O) groups excluding carboxylic acids is 1. The lowest BCUT2D eigenvalue weighted by Crippen LogP contribution is -2.40. The standard InChI is InChI=1S/C5H9NO2.C5H10O5/c7-5(8)4-2-1-3-6-4;6-1-3(8)5(10)4(9)2-7/h4,6H,1-3H2,(H,7,8);1,3-5,7-10H,2H2/t4-;3-,4+,5+/m00/s1. The van der Waals surface area contributed by atoms with Crippen molar-refractivity contribution >= 4 is 12.3 Å². The first kappa shape index (κ1) is 16.9. The summed E-state index contributed by atoms with van der Waals surface area (Å²) >= 11 is 0. The number of nitrogens with one attached hydrogen (secondary N) is 1. The van der Waals surface area contributed by atoms with E-state index in [2.05, 4.69) is 5.32 Å². The second-order valence-corrected chi connectivity index (χ2v) is 3.85. The number of hydrogen-bond acceptors (Lipinski definition) is 7. The molecule has 1 heterocycles. The van der Waals surface area contributed by atoms with E-state index in [1.807, 2.05) is 0 Å². The van der Waals surface area contributed by atoms with Crippen LogP contribution in [0.25, 0.3) is 0 Å². The molecule has 1 saturated heterocycles. The number of carboxylic acids is 1. The lowest BCUT2D eigenvalue weighted by molar-refractivity contribution is -0.139. The van der Waals surface area contributed by atoms with Gasteiger partial charge < -0.3 is 35.6 Å². The van der Waals surface area contributed by atoms with E-state index in [0.29, 0.717) is 0 Å². The van der Waals surface area contributed by atoms with E-state index in [1.54, 1.807) is 0 Å². The van der Waals surface area contributed by atoms with E-state index in [4.69, 9.17) is 25.5 Å². The zero-order valence-corrected chi connectivity index (χ0v) is 9.77. The van der Waals surface area contributed by atoms with Crippen LogP contribution in [0.5, 0.6) is 0 Å². The van der Waals surface area contributed by atoms with E-state index in [1.165, 1.54) is 0 Å². The quantitative estimate of drug-likeness (QED) is 0.290. The largest absolute Gasteiger partial charge is 0.480 e. The zero-order valence-electron chi connectivity index (χ0n) is 9.77. The van der Waals surface area contributed by atoms with Crippen LogP contribution in [0.1, 0.15) is 12.8 Å². The second-order valence-electron chi connectivity index (χ2n) is 3.85. The van der Waals surface area contributed by atoms with Crippen LogP contribution >= 0.6 is 0 Å². The summed E-state index contributed by atoms with van der Waals surface area (Å²) in [7, 11) is 0. The predicted octanol–water partition coefficient (Wildman–Crippen LogP) is -2.92. The van der Waals surface area contributed by atoms with Gasteiger partial charge in [-0.15, -0.1) is 0 Å². The van der Waals surface area contributed by atoms with Gasteiger partial charge in [-0.25, -0.2) is 0 Å². The molecule has 8 heteroatoms. The predicted molar refractivity (Wildman–Crippen MR) is 59.8 cm³/mol. The summed E-state index contributed by atoms with van der Waals surface area (Å²) in [5.74, 6) is -0.720. The minimum Gasteiger partial charge on any atom is -0.480 e. The Morgan fingerprint density at radius 1 is 1.39 bits per heavy atom. The number of aliphatic hydroxyl groups excluding tert-OH is 4. The molecule has 0 amide bonds. The maximum absolute atomic E-state index is 10.1. The lowest BCUT2D eigenvalue weighted by atomic mass is 10.1. The first-order chi connectivity index (χ1) is 8.43. The van der Waals surface area contributed by atoms with Crippen molar-refractivity contribution in [2.45, 2.75) is 37.2 Å². The van der Waals surface area contributed by atoms with Crippen molar-refractivity contribution in [3.05, 3.63) is 0 Å². The first-order valence-corrected chi connectivity index (χ1v) is 5.50. The molecule has 0 aromatic heterocycles. The van der Waals surface area contributed by atoms with Crippen molar-refractivity contribution in [1.29, 1.82) is 0 Å². The normalized spacial score (nSPS) is 23.4. The van der Waals surface area contributed by atoms with Crippen molar-refractivity contribution < 1.29 is 35.1 Å². The van der Waals surface area contributed by atoms with Gasteiger partial charge in [-0.2, -0.15) is 0 Å². The average molecular weight is 265 g/mol. The molecule has 0 aromatic rings. The highest BCUT2D eigenvalue weighted by Gasteiger charge is 2.23. The maximum Gasteiger partial charge on any atom is 0.320 e. The molecular weight excluding hydrogens is 246 g/mol. The van der Waals surface area contributed by atoms with Gasteiger partial charge in [-0.1, -0.05) is 0 Å². The van der Waals surface area contributed by atoms with Crippen molar-refractivity contribution in [3.63, 3.8) is 0 Å². The van der Waals surface area contributed by atoms with Crippen LogP contribution in [0.4, 0.5) is 0 Å². The molecule has 106 valence electrons. The highest BCUT2D eigenvalue weighted by molar-refractivity contribution is 5.73. The molecule has 0 saturated carbocycles. The third kappa shape index (κ3) is 6.03. The second kappa shape index (κ2) is 8.95. The van der Waals surface area contributed by atoms with Crippen LogP contribution in [0.15, 0.2) is 0 Å². The summed E-state index contributed by atoms with van der Waals surface area (Å²) in [5.41, 5.74) is 0. The van der Waals surface area contributed by atoms with Gasteiger partial charge in [-0.05, 0) is 19.4 Å². The van der Waals surface area contributed by atoms with Crippen molar-refractivity contribution in [2.75, 3.05) is 13.2 Å². The number of aldehydes is 1. The van der Waals surface area contributed by atoms with Crippen molar-refractivity contribution in [2.24, 2.45) is 0 Å². The Bertz CT molecular complexity index is 255. The lowest BCUT2D eigenvalue weighted by Gasteiger charge is -2.16. The smallest absolute Gasteiger partial charge is 0.320 e. The Kier molecular flexibility index (Phi) is 8.42. The molecule has 8 nitrogen and oxygen atoms in total. The summed E-state index contributed by atoms with van der Waals surface area (Å²) in [6.07, 6.45) is -2.85. The summed E-state index contributed by atoms with van der Waals surface area (Å²) < 4.78 is 0. The van der Waals surface area contributed by atoms with Crippen LogP contribution in [0.3, 0.4) is 0 Å². The number of carbonyl (C=O) groups is 2. The van der Waals surface area contributed by atoms with Gasteiger partial charge in [0.15, 0.2) is 6.29 Å². The van der Waals surface area contributed by atoms with E-state index in [9.17, 15) is 9.59 Å². The topological polar surface area (TPSA) is 147 Å². The molecule has 0 aliphatic carbocycles. The van der Waals surface area contributed by atoms with E-state index in [-0.39, 0.29) is 12.3 Å². The minimum atomic E-state index is -1.64. The van der Waals surface area contributed by atoms with Gasteiger partial charge in [0.1, 0.15) is 24.4 Å².